The van der Waals surface area contributed by atoms with Crippen LogP contribution in [-0.4, -0.2) is 32.3 Å². The predicted octanol–water partition coefficient (Wildman–Crippen LogP) is 2.95. The van der Waals surface area contributed by atoms with Gasteiger partial charge in [0.1, 0.15) is 5.75 Å². The van der Waals surface area contributed by atoms with Gasteiger partial charge in [0, 0.05) is 12.1 Å². The standard InChI is InChI=1S/C18H27NO3/c1-14-7-3-5-9-16(14)22-12-11-19-18(20)13-15-8-4-6-10-17(15)21-2/h4,6,8,10,14,16H,3,5,7,9,11-13H2,1-2H3,(H,19,20)/t14-,16-/m1/s1. The highest BCUT2D eigenvalue weighted by atomic mass is 16.5. The monoisotopic (exact) mass is 305 g/mol. The zero-order chi connectivity index (χ0) is 15.8. The molecular weight excluding hydrogens is 278 g/mol. The van der Waals surface area contributed by atoms with Gasteiger partial charge < -0.3 is 14.8 Å². The molecule has 0 unspecified atom stereocenters. The van der Waals surface area contributed by atoms with Gasteiger partial charge in [0.2, 0.25) is 5.91 Å². The number of para-hydroxylation sites is 1. The normalized spacial score (nSPS) is 21.4. The van der Waals surface area contributed by atoms with Crippen molar-refractivity contribution in [1.29, 1.82) is 0 Å². The molecule has 0 aromatic heterocycles. The number of hydrogen-bond donors (Lipinski definition) is 1. The lowest BCUT2D eigenvalue weighted by atomic mass is 9.88. The molecule has 0 radical (unpaired) electrons. The largest absolute Gasteiger partial charge is 0.496 e. The maximum absolute atomic E-state index is 12.0. The molecule has 122 valence electrons. The molecule has 1 amide bonds. The summed E-state index contributed by atoms with van der Waals surface area (Å²) < 4.78 is 11.2. The highest BCUT2D eigenvalue weighted by molar-refractivity contribution is 5.79. The van der Waals surface area contributed by atoms with Gasteiger partial charge in [0.15, 0.2) is 0 Å². The molecule has 0 heterocycles. The van der Waals surface area contributed by atoms with Gasteiger partial charge >= 0.3 is 0 Å². The van der Waals surface area contributed by atoms with Gasteiger partial charge in [-0.15, -0.1) is 0 Å². The number of nitrogens with one attached hydrogen (secondary N) is 1. The Morgan fingerprint density at radius 1 is 1.27 bits per heavy atom. The molecule has 1 N–H and O–H groups in total. The third kappa shape index (κ3) is 5.02. The fraction of sp³-hybridized carbons (Fsp3) is 0.611. The van der Waals surface area contributed by atoms with Crippen molar-refractivity contribution < 1.29 is 14.3 Å². The topological polar surface area (TPSA) is 47.6 Å². The van der Waals surface area contributed by atoms with Crippen LogP contribution in [0.15, 0.2) is 24.3 Å². The fourth-order valence-electron chi connectivity index (χ4n) is 3.02. The van der Waals surface area contributed by atoms with Crippen LogP contribution in [0.5, 0.6) is 5.75 Å². The smallest absolute Gasteiger partial charge is 0.224 e. The summed E-state index contributed by atoms with van der Waals surface area (Å²) in [5.74, 6) is 1.40. The molecule has 1 aliphatic carbocycles. The second-order valence-electron chi connectivity index (χ2n) is 6.01. The zero-order valence-corrected chi connectivity index (χ0v) is 13.6. The van der Waals surface area contributed by atoms with Crippen LogP contribution in [0, 0.1) is 5.92 Å². The summed E-state index contributed by atoms with van der Waals surface area (Å²) >= 11 is 0. The Bertz CT molecular complexity index is 475. The molecule has 0 aliphatic heterocycles. The van der Waals surface area contributed by atoms with Crippen molar-refractivity contribution in [2.45, 2.75) is 45.1 Å². The van der Waals surface area contributed by atoms with E-state index >= 15 is 0 Å². The van der Waals surface area contributed by atoms with E-state index in [1.54, 1.807) is 7.11 Å². The van der Waals surface area contributed by atoms with Crippen LogP contribution in [0.3, 0.4) is 0 Å². The van der Waals surface area contributed by atoms with E-state index < -0.39 is 0 Å². The second-order valence-corrected chi connectivity index (χ2v) is 6.01. The maximum atomic E-state index is 12.0. The quantitative estimate of drug-likeness (QED) is 0.788. The highest BCUT2D eigenvalue weighted by Gasteiger charge is 2.21. The van der Waals surface area contributed by atoms with Crippen LogP contribution in [0.2, 0.25) is 0 Å². The van der Waals surface area contributed by atoms with E-state index in [2.05, 4.69) is 12.2 Å². The molecule has 1 saturated carbocycles. The lowest BCUT2D eigenvalue weighted by molar-refractivity contribution is -0.120. The van der Waals surface area contributed by atoms with E-state index in [0.29, 0.717) is 31.6 Å². The molecule has 2 atom stereocenters. The molecule has 2 rings (SSSR count). The molecule has 0 saturated heterocycles. The zero-order valence-electron chi connectivity index (χ0n) is 13.6. The number of rotatable bonds is 7. The van der Waals surface area contributed by atoms with Crippen LogP contribution >= 0.6 is 0 Å². The van der Waals surface area contributed by atoms with Crippen molar-refractivity contribution in [2.24, 2.45) is 5.92 Å². The second kappa shape index (κ2) is 8.79. The van der Waals surface area contributed by atoms with Gasteiger partial charge in [-0.1, -0.05) is 38.0 Å². The number of amides is 1. The number of methoxy groups -OCH3 is 1. The first-order valence-electron chi connectivity index (χ1n) is 8.21. The van der Waals surface area contributed by atoms with E-state index in [4.69, 9.17) is 9.47 Å². The predicted molar refractivity (Wildman–Crippen MR) is 87.1 cm³/mol. The number of hydrogen-bond acceptors (Lipinski definition) is 3. The van der Waals surface area contributed by atoms with E-state index in [1.807, 2.05) is 24.3 Å². The van der Waals surface area contributed by atoms with E-state index in [-0.39, 0.29) is 5.91 Å². The summed E-state index contributed by atoms with van der Waals surface area (Å²) in [5, 5.41) is 2.92. The Kier molecular flexibility index (Phi) is 6.72. The summed E-state index contributed by atoms with van der Waals surface area (Å²) in [7, 11) is 1.62. The SMILES string of the molecule is COc1ccccc1CC(=O)NCCO[C@@H]1CCCC[C@H]1C. The summed E-state index contributed by atoms with van der Waals surface area (Å²) in [6.07, 6.45) is 5.68. The van der Waals surface area contributed by atoms with Gasteiger partial charge in [0.25, 0.3) is 0 Å². The maximum Gasteiger partial charge on any atom is 0.224 e. The van der Waals surface area contributed by atoms with Crippen LogP contribution in [0.25, 0.3) is 0 Å². The third-order valence-electron chi connectivity index (χ3n) is 4.33. The van der Waals surface area contributed by atoms with Crippen molar-refractivity contribution in [3.63, 3.8) is 0 Å². The molecule has 1 aromatic rings. The van der Waals surface area contributed by atoms with Crippen molar-refractivity contribution in [1.82, 2.24) is 5.32 Å². The first kappa shape index (κ1) is 16.8. The first-order chi connectivity index (χ1) is 10.7. The van der Waals surface area contributed by atoms with Gasteiger partial charge in [0.05, 0.1) is 26.2 Å². The Hall–Kier alpha value is -1.55. The summed E-state index contributed by atoms with van der Waals surface area (Å²) in [6, 6.07) is 7.60. The molecular formula is C18H27NO3. The van der Waals surface area contributed by atoms with Gasteiger partial charge in [-0.2, -0.15) is 0 Å². The van der Waals surface area contributed by atoms with Crippen LogP contribution < -0.4 is 10.1 Å². The minimum absolute atomic E-state index is 0.00444. The van der Waals surface area contributed by atoms with E-state index in [0.717, 1.165) is 17.7 Å². The molecule has 4 nitrogen and oxygen atoms in total. The lowest BCUT2D eigenvalue weighted by Crippen LogP contribution is -2.32. The van der Waals surface area contributed by atoms with Crippen LogP contribution in [0.4, 0.5) is 0 Å². The molecule has 0 bridgehead atoms. The van der Waals surface area contributed by atoms with Gasteiger partial charge in [-0.25, -0.2) is 0 Å². The van der Waals surface area contributed by atoms with Crippen molar-refractivity contribution in [3.05, 3.63) is 29.8 Å². The minimum atomic E-state index is 0.00444. The summed E-state index contributed by atoms with van der Waals surface area (Å²) in [6.45, 7) is 3.41. The Labute approximate surface area is 133 Å². The van der Waals surface area contributed by atoms with Crippen molar-refractivity contribution in [2.75, 3.05) is 20.3 Å². The van der Waals surface area contributed by atoms with Crippen LogP contribution in [0.1, 0.15) is 38.2 Å². The molecule has 4 heteroatoms. The molecule has 1 fully saturated rings. The molecule has 0 spiro atoms. The minimum Gasteiger partial charge on any atom is -0.496 e. The summed E-state index contributed by atoms with van der Waals surface area (Å²) in [4.78, 5) is 12.0. The Morgan fingerprint density at radius 3 is 2.82 bits per heavy atom. The van der Waals surface area contributed by atoms with Crippen LogP contribution in [-0.2, 0) is 16.0 Å². The number of carbonyl (C=O) groups excluding carboxylic acids is 1. The molecule has 1 aliphatic rings. The molecule has 22 heavy (non-hydrogen) atoms. The Morgan fingerprint density at radius 2 is 2.05 bits per heavy atom. The number of carbonyl (C=O) groups is 1. The van der Waals surface area contributed by atoms with E-state index in [1.165, 1.54) is 19.3 Å². The number of ether oxygens (including phenoxy) is 2. The highest BCUT2D eigenvalue weighted by Crippen LogP contribution is 2.26. The fourth-order valence-corrected chi connectivity index (χ4v) is 3.02. The van der Waals surface area contributed by atoms with E-state index in [9.17, 15) is 4.79 Å². The lowest BCUT2D eigenvalue weighted by Gasteiger charge is -2.28. The van der Waals surface area contributed by atoms with Gasteiger partial charge in [-0.3, -0.25) is 4.79 Å². The molecule has 1 aromatic carbocycles. The summed E-state index contributed by atoms with van der Waals surface area (Å²) in [5.41, 5.74) is 0.907. The number of benzene rings is 1. The first-order valence-corrected chi connectivity index (χ1v) is 8.21. The average molecular weight is 305 g/mol. The third-order valence-corrected chi connectivity index (χ3v) is 4.33. The average Bonchev–Trinajstić information content (AvgIpc) is 2.53. The Balaban J connectivity index is 1.67. The van der Waals surface area contributed by atoms with Gasteiger partial charge in [-0.05, 0) is 24.8 Å². The van der Waals surface area contributed by atoms with Crippen molar-refractivity contribution >= 4 is 5.91 Å². The van der Waals surface area contributed by atoms with Crippen molar-refractivity contribution in [3.8, 4) is 5.75 Å².